The van der Waals surface area contributed by atoms with Crippen molar-refractivity contribution < 1.29 is 9.21 Å². The van der Waals surface area contributed by atoms with Crippen LogP contribution in [0.5, 0.6) is 0 Å². The third kappa shape index (κ3) is 2.86. The van der Waals surface area contributed by atoms with Gasteiger partial charge in [-0.15, -0.1) is 11.3 Å². The summed E-state index contributed by atoms with van der Waals surface area (Å²) in [4.78, 5) is 13.0. The molecule has 0 aliphatic rings. The highest BCUT2D eigenvalue weighted by Crippen LogP contribution is 2.30. The van der Waals surface area contributed by atoms with Crippen molar-refractivity contribution >= 4 is 17.1 Å². The Morgan fingerprint density at radius 3 is 2.76 bits per heavy atom. The number of Topliss-reactive ketones (excluding diaryl/α,β-unsaturated/α-hetero) is 1. The molecule has 0 atom stereocenters. The predicted octanol–water partition coefficient (Wildman–Crippen LogP) is 4.55. The summed E-state index contributed by atoms with van der Waals surface area (Å²) in [5, 5.41) is 0. The maximum Gasteiger partial charge on any atom is 0.169 e. The molecular formula is C14H16O2S. The number of hydrogen-bond acceptors (Lipinski definition) is 3. The molecule has 0 fully saturated rings. The van der Waals surface area contributed by atoms with Gasteiger partial charge >= 0.3 is 0 Å². The smallest absolute Gasteiger partial charge is 0.169 e. The first-order valence-electron chi connectivity index (χ1n) is 5.90. The van der Waals surface area contributed by atoms with Crippen molar-refractivity contribution in [2.24, 2.45) is 0 Å². The Labute approximate surface area is 105 Å². The molecule has 2 heterocycles. The van der Waals surface area contributed by atoms with E-state index < -0.39 is 0 Å². The SMILES string of the molecule is CCCCc1ccc(-c2ccc(C(C)=O)s2)o1. The van der Waals surface area contributed by atoms with Gasteiger partial charge in [-0.2, -0.15) is 0 Å². The van der Waals surface area contributed by atoms with Gasteiger partial charge in [0.15, 0.2) is 5.78 Å². The van der Waals surface area contributed by atoms with E-state index in [2.05, 4.69) is 6.92 Å². The Hall–Kier alpha value is -1.35. The molecule has 0 saturated carbocycles. The Bertz CT molecular complexity index is 508. The first-order valence-corrected chi connectivity index (χ1v) is 6.72. The van der Waals surface area contributed by atoms with Crippen LogP contribution in [0.15, 0.2) is 28.7 Å². The minimum absolute atomic E-state index is 0.110. The van der Waals surface area contributed by atoms with Crippen LogP contribution in [-0.2, 0) is 6.42 Å². The predicted molar refractivity (Wildman–Crippen MR) is 70.6 cm³/mol. The number of aryl methyl sites for hydroxylation is 1. The first-order chi connectivity index (χ1) is 8.20. The molecule has 2 aromatic heterocycles. The second kappa shape index (κ2) is 5.32. The van der Waals surface area contributed by atoms with Crippen LogP contribution < -0.4 is 0 Å². The topological polar surface area (TPSA) is 30.2 Å². The summed E-state index contributed by atoms with van der Waals surface area (Å²) in [6.45, 7) is 3.76. The monoisotopic (exact) mass is 248 g/mol. The summed E-state index contributed by atoms with van der Waals surface area (Å²) >= 11 is 1.49. The number of rotatable bonds is 5. The second-order valence-electron chi connectivity index (χ2n) is 4.09. The van der Waals surface area contributed by atoms with E-state index in [1.165, 1.54) is 17.8 Å². The molecule has 0 spiro atoms. The molecule has 3 heteroatoms. The van der Waals surface area contributed by atoms with Crippen LogP contribution in [0.3, 0.4) is 0 Å². The maximum atomic E-state index is 11.2. The van der Waals surface area contributed by atoms with E-state index in [1.54, 1.807) is 6.92 Å². The van der Waals surface area contributed by atoms with E-state index in [0.717, 1.165) is 34.1 Å². The van der Waals surface area contributed by atoms with Crippen molar-refractivity contribution in [2.45, 2.75) is 33.1 Å². The zero-order valence-corrected chi connectivity index (χ0v) is 11.0. The summed E-state index contributed by atoms with van der Waals surface area (Å²) in [7, 11) is 0. The van der Waals surface area contributed by atoms with Crippen molar-refractivity contribution in [1.82, 2.24) is 0 Å². The van der Waals surface area contributed by atoms with Crippen molar-refractivity contribution in [1.29, 1.82) is 0 Å². The van der Waals surface area contributed by atoms with Gasteiger partial charge in [-0.05, 0) is 37.6 Å². The lowest BCUT2D eigenvalue weighted by Crippen LogP contribution is -1.83. The average Bonchev–Trinajstić information content (AvgIpc) is 2.94. The summed E-state index contributed by atoms with van der Waals surface area (Å²) in [5.41, 5.74) is 0. The van der Waals surface area contributed by atoms with Crippen molar-refractivity contribution in [3.63, 3.8) is 0 Å². The quantitative estimate of drug-likeness (QED) is 0.726. The van der Waals surface area contributed by atoms with E-state index in [9.17, 15) is 4.79 Å². The standard InChI is InChI=1S/C14H16O2S/c1-3-4-5-11-6-7-12(16-11)14-9-8-13(17-14)10(2)15/h6-9H,3-5H2,1-2H3. The van der Waals surface area contributed by atoms with Gasteiger partial charge in [0.1, 0.15) is 11.5 Å². The van der Waals surface area contributed by atoms with E-state index in [0.29, 0.717) is 0 Å². The molecule has 0 unspecified atom stereocenters. The fraction of sp³-hybridized carbons (Fsp3) is 0.357. The number of unbranched alkanes of at least 4 members (excludes halogenated alkanes) is 1. The maximum absolute atomic E-state index is 11.2. The van der Waals surface area contributed by atoms with E-state index >= 15 is 0 Å². The average molecular weight is 248 g/mol. The fourth-order valence-corrected chi connectivity index (χ4v) is 2.52. The minimum atomic E-state index is 0.110. The van der Waals surface area contributed by atoms with Gasteiger partial charge in [0.05, 0.1) is 9.75 Å². The molecule has 2 aromatic rings. The zero-order valence-electron chi connectivity index (χ0n) is 10.2. The third-order valence-electron chi connectivity index (χ3n) is 2.63. The van der Waals surface area contributed by atoms with Crippen LogP contribution in [0.25, 0.3) is 10.6 Å². The summed E-state index contributed by atoms with van der Waals surface area (Å²) in [5.74, 6) is 2.01. The molecule has 2 nitrogen and oxygen atoms in total. The molecule has 0 aromatic carbocycles. The van der Waals surface area contributed by atoms with Crippen LogP contribution in [0.2, 0.25) is 0 Å². The number of carbonyl (C=O) groups is 1. The highest BCUT2D eigenvalue weighted by atomic mass is 32.1. The molecule has 0 N–H and O–H groups in total. The Morgan fingerprint density at radius 2 is 2.12 bits per heavy atom. The van der Waals surface area contributed by atoms with Gasteiger partial charge in [-0.1, -0.05) is 13.3 Å². The summed E-state index contributed by atoms with van der Waals surface area (Å²) in [6.07, 6.45) is 3.31. The van der Waals surface area contributed by atoms with Gasteiger partial charge in [0.25, 0.3) is 0 Å². The molecule has 0 saturated heterocycles. The number of hydrogen-bond donors (Lipinski definition) is 0. The molecule has 0 aliphatic carbocycles. The molecule has 0 radical (unpaired) electrons. The van der Waals surface area contributed by atoms with Gasteiger partial charge in [-0.3, -0.25) is 4.79 Å². The lowest BCUT2D eigenvalue weighted by molar-refractivity contribution is 0.102. The third-order valence-corrected chi connectivity index (χ3v) is 3.83. The van der Waals surface area contributed by atoms with Gasteiger partial charge in [-0.25, -0.2) is 0 Å². The number of carbonyl (C=O) groups excluding carboxylic acids is 1. The second-order valence-corrected chi connectivity index (χ2v) is 5.17. The van der Waals surface area contributed by atoms with Gasteiger partial charge in [0.2, 0.25) is 0 Å². The Kier molecular flexibility index (Phi) is 3.79. The summed E-state index contributed by atoms with van der Waals surface area (Å²) in [6, 6.07) is 7.82. The summed E-state index contributed by atoms with van der Waals surface area (Å²) < 4.78 is 5.76. The largest absolute Gasteiger partial charge is 0.460 e. The lowest BCUT2D eigenvalue weighted by atomic mass is 10.2. The van der Waals surface area contributed by atoms with Crippen molar-refractivity contribution in [3.05, 3.63) is 34.9 Å². The molecule has 0 amide bonds. The molecule has 0 aliphatic heterocycles. The van der Waals surface area contributed by atoms with Crippen LogP contribution >= 0.6 is 11.3 Å². The van der Waals surface area contributed by atoms with Crippen molar-refractivity contribution in [2.75, 3.05) is 0 Å². The highest BCUT2D eigenvalue weighted by Gasteiger charge is 2.09. The molecule has 0 bridgehead atoms. The number of furan rings is 1. The van der Waals surface area contributed by atoms with Crippen molar-refractivity contribution in [3.8, 4) is 10.6 Å². The van der Waals surface area contributed by atoms with E-state index in [-0.39, 0.29) is 5.78 Å². The zero-order chi connectivity index (χ0) is 12.3. The Morgan fingerprint density at radius 1 is 1.29 bits per heavy atom. The highest BCUT2D eigenvalue weighted by molar-refractivity contribution is 7.17. The minimum Gasteiger partial charge on any atom is -0.460 e. The van der Waals surface area contributed by atoms with E-state index in [1.807, 2.05) is 24.3 Å². The normalized spacial score (nSPS) is 10.7. The first kappa shape index (κ1) is 12.1. The van der Waals surface area contributed by atoms with Gasteiger partial charge < -0.3 is 4.42 Å². The molecular weight excluding hydrogens is 232 g/mol. The van der Waals surface area contributed by atoms with Crippen LogP contribution in [0.4, 0.5) is 0 Å². The fourth-order valence-electron chi connectivity index (χ4n) is 1.66. The van der Waals surface area contributed by atoms with Gasteiger partial charge in [0, 0.05) is 6.42 Å². The number of thiophene rings is 1. The Balaban J connectivity index is 2.15. The van der Waals surface area contributed by atoms with Crippen LogP contribution in [-0.4, -0.2) is 5.78 Å². The molecule has 17 heavy (non-hydrogen) atoms. The molecule has 2 rings (SSSR count). The van der Waals surface area contributed by atoms with Crippen LogP contribution in [0, 0.1) is 0 Å². The number of ketones is 1. The lowest BCUT2D eigenvalue weighted by Gasteiger charge is -1.94. The molecule has 90 valence electrons. The van der Waals surface area contributed by atoms with E-state index in [4.69, 9.17) is 4.42 Å². The van der Waals surface area contributed by atoms with Crippen LogP contribution in [0.1, 0.15) is 42.1 Å².